The zero-order chi connectivity index (χ0) is 22.0. The largest absolute Gasteiger partial charge is 0.462 e. The van der Waals surface area contributed by atoms with Crippen LogP contribution in [-0.4, -0.2) is 28.0 Å². The van der Waals surface area contributed by atoms with Gasteiger partial charge in [-0.2, -0.15) is 0 Å². The van der Waals surface area contributed by atoms with Gasteiger partial charge in [0.2, 0.25) is 5.91 Å². The Labute approximate surface area is 182 Å². The Kier molecular flexibility index (Phi) is 6.07. The number of esters is 1. The van der Waals surface area contributed by atoms with Gasteiger partial charge in [0.05, 0.1) is 34.6 Å². The van der Waals surface area contributed by atoms with Crippen molar-refractivity contribution in [3.63, 3.8) is 0 Å². The number of ether oxygens (including phenoxy) is 1. The molecule has 0 unspecified atom stereocenters. The normalized spacial score (nSPS) is 14.2. The number of nitrogens with zero attached hydrogens (tertiary/aromatic N) is 2. The van der Waals surface area contributed by atoms with E-state index in [9.17, 15) is 9.59 Å². The Morgan fingerprint density at radius 3 is 2.61 bits per heavy atom. The lowest BCUT2D eigenvalue weighted by atomic mass is 10.0. The molecule has 1 aliphatic rings. The Bertz CT molecular complexity index is 1130. The number of aromatic nitrogens is 2. The van der Waals surface area contributed by atoms with Gasteiger partial charge in [-0.15, -0.1) is 0 Å². The molecule has 162 valence electrons. The van der Waals surface area contributed by atoms with Gasteiger partial charge in [-0.1, -0.05) is 12.8 Å². The van der Waals surface area contributed by atoms with Crippen molar-refractivity contribution < 1.29 is 14.3 Å². The maximum Gasteiger partial charge on any atom is 0.338 e. The summed E-state index contributed by atoms with van der Waals surface area (Å²) in [5, 5.41) is 3.06. The van der Waals surface area contributed by atoms with Crippen molar-refractivity contribution in [1.29, 1.82) is 0 Å². The topological polar surface area (TPSA) is 73.2 Å². The predicted molar refractivity (Wildman–Crippen MR) is 122 cm³/mol. The molecule has 3 aromatic rings. The molecule has 4 rings (SSSR count). The van der Waals surface area contributed by atoms with Crippen LogP contribution >= 0.6 is 0 Å². The molecule has 1 aliphatic carbocycles. The molecule has 31 heavy (non-hydrogen) atoms. The molecular formula is C25H29N3O3. The maximum atomic E-state index is 12.8. The van der Waals surface area contributed by atoms with E-state index in [1.54, 1.807) is 25.4 Å². The van der Waals surface area contributed by atoms with Gasteiger partial charge < -0.3 is 10.1 Å². The molecule has 0 atom stereocenters. The van der Waals surface area contributed by atoms with Gasteiger partial charge in [0, 0.05) is 6.42 Å². The van der Waals surface area contributed by atoms with Gasteiger partial charge in [0.25, 0.3) is 0 Å². The van der Waals surface area contributed by atoms with E-state index in [2.05, 4.69) is 36.3 Å². The molecule has 1 N–H and O–H groups in total. The smallest absolute Gasteiger partial charge is 0.338 e. The Balaban J connectivity index is 1.73. The highest BCUT2D eigenvalue weighted by molar-refractivity contribution is 5.97. The van der Waals surface area contributed by atoms with E-state index in [4.69, 9.17) is 4.74 Å². The molecule has 0 aliphatic heterocycles. The molecule has 1 amide bonds. The van der Waals surface area contributed by atoms with Crippen LogP contribution in [0.4, 0.5) is 5.69 Å². The fourth-order valence-electron chi connectivity index (χ4n) is 4.32. The minimum atomic E-state index is -0.401. The summed E-state index contributed by atoms with van der Waals surface area (Å²) in [7, 11) is 0. The van der Waals surface area contributed by atoms with Gasteiger partial charge >= 0.3 is 5.97 Å². The van der Waals surface area contributed by atoms with Crippen LogP contribution in [0.3, 0.4) is 0 Å². The predicted octanol–water partition coefficient (Wildman–Crippen LogP) is 5.34. The van der Waals surface area contributed by atoms with Crippen LogP contribution in [0.1, 0.15) is 60.5 Å². The summed E-state index contributed by atoms with van der Waals surface area (Å²) in [6, 6.07) is 9.43. The molecular weight excluding hydrogens is 390 g/mol. The highest BCUT2D eigenvalue weighted by Gasteiger charge is 2.20. The van der Waals surface area contributed by atoms with Crippen molar-refractivity contribution in [3.05, 3.63) is 53.3 Å². The van der Waals surface area contributed by atoms with E-state index in [1.807, 2.05) is 10.6 Å². The lowest BCUT2D eigenvalue weighted by molar-refractivity contribution is -0.117. The monoisotopic (exact) mass is 419 g/mol. The number of imidazole rings is 1. The summed E-state index contributed by atoms with van der Waals surface area (Å²) >= 11 is 0. The summed E-state index contributed by atoms with van der Waals surface area (Å²) in [6.45, 7) is 6.21. The van der Waals surface area contributed by atoms with Gasteiger partial charge in [0.1, 0.15) is 6.33 Å². The van der Waals surface area contributed by atoms with Crippen molar-refractivity contribution in [2.75, 3.05) is 11.9 Å². The highest BCUT2D eigenvalue weighted by Crippen LogP contribution is 2.30. The minimum Gasteiger partial charge on any atom is -0.462 e. The number of anilines is 1. The quantitative estimate of drug-likeness (QED) is 0.548. The molecule has 1 heterocycles. The van der Waals surface area contributed by atoms with Gasteiger partial charge in [0.15, 0.2) is 0 Å². The summed E-state index contributed by atoms with van der Waals surface area (Å²) in [4.78, 5) is 29.7. The summed E-state index contributed by atoms with van der Waals surface area (Å²) in [5.74, 6) is 0.0179. The van der Waals surface area contributed by atoms with Crippen LogP contribution in [-0.2, 0) is 9.53 Å². The van der Waals surface area contributed by atoms with Gasteiger partial charge in [-0.3, -0.25) is 9.36 Å². The van der Waals surface area contributed by atoms with Crippen molar-refractivity contribution in [2.45, 2.75) is 52.9 Å². The molecule has 0 spiro atoms. The van der Waals surface area contributed by atoms with E-state index in [0.29, 0.717) is 30.2 Å². The summed E-state index contributed by atoms with van der Waals surface area (Å²) < 4.78 is 7.11. The molecule has 1 aromatic heterocycles. The number of hydrogen-bond acceptors (Lipinski definition) is 4. The maximum absolute atomic E-state index is 12.8. The van der Waals surface area contributed by atoms with Gasteiger partial charge in [-0.25, -0.2) is 9.78 Å². The first kappa shape index (κ1) is 21.1. The van der Waals surface area contributed by atoms with Crippen LogP contribution in [0.2, 0.25) is 0 Å². The number of fused-ring (bicyclic) bond motifs is 1. The number of carbonyl (C=O) groups excluding carboxylic acids is 2. The Hall–Kier alpha value is -3.15. The molecule has 0 saturated heterocycles. The summed E-state index contributed by atoms with van der Waals surface area (Å²) in [5.41, 5.74) is 5.98. The fourth-order valence-corrected chi connectivity index (χ4v) is 4.32. The standard InChI is InChI=1S/C25H29N3O3/c1-4-31-25(30)19-9-10-22(21(14-19)27-24(29)13-18-7-5-6-8-18)28-15-26-20-11-16(2)17(3)12-23(20)28/h9-12,14-15,18H,4-8,13H2,1-3H3,(H,27,29). The SMILES string of the molecule is CCOC(=O)c1ccc(-n2cnc3cc(C)c(C)cc32)c(NC(=O)CC2CCCC2)c1. The average molecular weight is 420 g/mol. The molecule has 0 radical (unpaired) electrons. The highest BCUT2D eigenvalue weighted by atomic mass is 16.5. The van der Waals surface area contributed by atoms with Crippen LogP contribution < -0.4 is 5.32 Å². The second-order valence-corrected chi connectivity index (χ2v) is 8.39. The zero-order valence-corrected chi connectivity index (χ0v) is 18.4. The van der Waals surface area contributed by atoms with E-state index >= 15 is 0 Å². The van der Waals surface area contributed by atoms with Crippen LogP contribution in [0.5, 0.6) is 0 Å². The third kappa shape index (κ3) is 4.48. The first-order chi connectivity index (χ1) is 15.0. The van der Waals surface area contributed by atoms with Crippen molar-refractivity contribution in [1.82, 2.24) is 9.55 Å². The summed E-state index contributed by atoms with van der Waals surface area (Å²) in [6.07, 6.45) is 6.87. The van der Waals surface area contributed by atoms with Crippen LogP contribution in [0.15, 0.2) is 36.7 Å². The number of aryl methyl sites for hydroxylation is 2. The van der Waals surface area contributed by atoms with Crippen molar-refractivity contribution in [3.8, 4) is 5.69 Å². The molecule has 1 saturated carbocycles. The molecule has 1 fully saturated rings. The Morgan fingerprint density at radius 2 is 1.87 bits per heavy atom. The number of hydrogen-bond donors (Lipinski definition) is 1. The number of benzene rings is 2. The second-order valence-electron chi connectivity index (χ2n) is 8.39. The van der Waals surface area contributed by atoms with E-state index < -0.39 is 5.97 Å². The lowest BCUT2D eigenvalue weighted by Crippen LogP contribution is -2.17. The number of nitrogens with one attached hydrogen (secondary N) is 1. The third-order valence-corrected chi connectivity index (χ3v) is 6.15. The number of rotatable bonds is 6. The van der Waals surface area contributed by atoms with Crippen LogP contribution in [0, 0.1) is 19.8 Å². The van der Waals surface area contributed by atoms with Crippen molar-refractivity contribution >= 4 is 28.6 Å². The lowest BCUT2D eigenvalue weighted by Gasteiger charge is -2.16. The number of amides is 1. The Morgan fingerprint density at radius 1 is 1.13 bits per heavy atom. The van der Waals surface area contributed by atoms with E-state index in [-0.39, 0.29) is 5.91 Å². The minimum absolute atomic E-state index is 0.0226. The van der Waals surface area contributed by atoms with Crippen molar-refractivity contribution in [2.24, 2.45) is 5.92 Å². The second kappa shape index (κ2) is 8.92. The first-order valence-corrected chi connectivity index (χ1v) is 11.0. The first-order valence-electron chi connectivity index (χ1n) is 11.0. The zero-order valence-electron chi connectivity index (χ0n) is 18.4. The van der Waals surface area contributed by atoms with E-state index in [1.165, 1.54) is 24.0 Å². The third-order valence-electron chi connectivity index (χ3n) is 6.15. The molecule has 0 bridgehead atoms. The molecule has 6 nitrogen and oxygen atoms in total. The van der Waals surface area contributed by atoms with Crippen LogP contribution in [0.25, 0.3) is 16.7 Å². The molecule has 6 heteroatoms. The molecule has 2 aromatic carbocycles. The number of carbonyl (C=O) groups is 2. The average Bonchev–Trinajstić information content (AvgIpc) is 3.38. The van der Waals surface area contributed by atoms with E-state index in [0.717, 1.165) is 29.6 Å². The fraction of sp³-hybridized carbons (Fsp3) is 0.400. The van der Waals surface area contributed by atoms with Gasteiger partial charge in [-0.05, 0) is 81.0 Å².